The number of hydrogen-bond donors (Lipinski definition) is 1. The second-order valence-corrected chi connectivity index (χ2v) is 11.8. The number of fused-ring (bicyclic) bond motifs is 1. The van der Waals surface area contributed by atoms with Gasteiger partial charge in [0.1, 0.15) is 0 Å². The van der Waals surface area contributed by atoms with Crippen molar-refractivity contribution in [2.45, 2.75) is 82.2 Å². The normalized spacial score (nSPS) is 37.7. The van der Waals surface area contributed by atoms with Crippen molar-refractivity contribution in [3.63, 3.8) is 0 Å². The Labute approximate surface area is 186 Å². The molecule has 0 saturated heterocycles. The van der Waals surface area contributed by atoms with E-state index in [9.17, 15) is 0 Å². The second-order valence-electron chi connectivity index (χ2n) is 11.4. The van der Waals surface area contributed by atoms with E-state index in [1.807, 2.05) is 0 Å². The lowest BCUT2D eigenvalue weighted by Crippen LogP contribution is -2.98. The van der Waals surface area contributed by atoms with Crippen LogP contribution in [0.4, 0.5) is 0 Å². The van der Waals surface area contributed by atoms with Crippen molar-refractivity contribution in [1.29, 1.82) is 0 Å². The monoisotopic (exact) mass is 420 g/mol. The molecule has 30 heavy (non-hydrogen) atoms. The third-order valence-electron chi connectivity index (χ3n) is 9.47. The van der Waals surface area contributed by atoms with E-state index in [0.717, 1.165) is 28.9 Å². The summed E-state index contributed by atoms with van der Waals surface area (Å²) < 4.78 is 0. The van der Waals surface area contributed by atoms with Crippen LogP contribution < -0.4 is 5.32 Å². The number of hydrogen-bond acceptors (Lipinski definition) is 0. The molecule has 2 N–H and O–H groups in total. The van der Waals surface area contributed by atoms with E-state index in [1.54, 1.807) is 16.7 Å². The number of rotatable bonds is 4. The fourth-order valence-electron chi connectivity index (χ4n) is 8.51. The summed E-state index contributed by atoms with van der Waals surface area (Å²) in [6.45, 7) is 2.57. The first-order valence-corrected chi connectivity index (χ1v) is 12.6. The average Bonchev–Trinajstić information content (AvgIpc) is 2.73. The van der Waals surface area contributed by atoms with Gasteiger partial charge >= 0.3 is 0 Å². The van der Waals surface area contributed by atoms with Gasteiger partial charge in [0.25, 0.3) is 0 Å². The van der Waals surface area contributed by atoms with Crippen molar-refractivity contribution in [2.24, 2.45) is 17.3 Å². The lowest BCUT2D eigenvalue weighted by atomic mass is 9.41. The molecule has 4 fully saturated rings. The highest BCUT2D eigenvalue weighted by atomic mass is 35.5. The van der Waals surface area contributed by atoms with Gasteiger partial charge in [-0.3, -0.25) is 0 Å². The maximum Gasteiger partial charge on any atom is 0.0905 e. The first kappa shape index (κ1) is 19.4. The molecule has 4 bridgehead atoms. The zero-order valence-corrected chi connectivity index (χ0v) is 19.0. The Kier molecular flexibility index (Phi) is 4.59. The van der Waals surface area contributed by atoms with E-state index in [4.69, 9.17) is 11.6 Å². The zero-order valence-electron chi connectivity index (χ0n) is 18.2. The van der Waals surface area contributed by atoms with Gasteiger partial charge in [-0.25, -0.2) is 0 Å². The third kappa shape index (κ3) is 3.16. The molecule has 7 rings (SSSR count). The quantitative estimate of drug-likeness (QED) is 0.654. The Balaban J connectivity index is 1.25. The molecular weight excluding hydrogens is 386 g/mol. The summed E-state index contributed by atoms with van der Waals surface area (Å²) in [6, 6.07) is 19.5. The van der Waals surface area contributed by atoms with Crippen LogP contribution in [-0.4, -0.2) is 12.1 Å². The molecular formula is C28H35ClN+. The van der Waals surface area contributed by atoms with Crippen LogP contribution in [0.5, 0.6) is 0 Å². The molecule has 2 aromatic rings. The first-order valence-electron chi connectivity index (χ1n) is 12.2. The maximum absolute atomic E-state index is 6.24. The van der Waals surface area contributed by atoms with E-state index in [2.05, 4.69) is 60.8 Å². The summed E-state index contributed by atoms with van der Waals surface area (Å²) in [5, 5.41) is 3.68. The van der Waals surface area contributed by atoms with Gasteiger partial charge in [-0.1, -0.05) is 48.0 Å². The van der Waals surface area contributed by atoms with Crippen LogP contribution in [0.25, 0.3) is 0 Å². The van der Waals surface area contributed by atoms with Crippen molar-refractivity contribution >= 4 is 11.6 Å². The Bertz CT molecular complexity index is 918. The molecule has 2 heteroatoms. The van der Waals surface area contributed by atoms with Gasteiger partial charge in [0, 0.05) is 23.3 Å². The first-order chi connectivity index (χ1) is 14.5. The lowest BCUT2D eigenvalue weighted by Gasteiger charge is -2.63. The Hall–Kier alpha value is -1.31. The summed E-state index contributed by atoms with van der Waals surface area (Å²) in [7, 11) is 0. The summed E-state index contributed by atoms with van der Waals surface area (Å²) in [6.07, 6.45) is 12.5. The summed E-state index contributed by atoms with van der Waals surface area (Å²) >= 11 is 6.24. The van der Waals surface area contributed by atoms with Gasteiger partial charge < -0.3 is 5.32 Å². The zero-order chi connectivity index (χ0) is 20.3. The molecule has 0 aliphatic heterocycles. The molecule has 2 aromatic carbocycles. The van der Waals surface area contributed by atoms with Gasteiger partial charge in [0.2, 0.25) is 0 Å². The van der Waals surface area contributed by atoms with Crippen LogP contribution in [0.15, 0.2) is 48.5 Å². The molecule has 5 aliphatic carbocycles. The molecule has 2 unspecified atom stereocenters. The van der Waals surface area contributed by atoms with Crippen LogP contribution in [0.1, 0.15) is 68.6 Å². The van der Waals surface area contributed by atoms with Crippen molar-refractivity contribution in [3.05, 3.63) is 70.2 Å². The summed E-state index contributed by atoms with van der Waals surface area (Å²) in [4.78, 5) is 0. The molecule has 1 nitrogen and oxygen atoms in total. The molecule has 4 saturated carbocycles. The number of nitrogens with two attached hydrogens (primary N) is 1. The minimum atomic E-state index is 0.413. The van der Waals surface area contributed by atoms with Gasteiger partial charge in [0.05, 0.1) is 12.1 Å². The Morgan fingerprint density at radius 3 is 2.37 bits per heavy atom. The number of halogens is 1. The summed E-state index contributed by atoms with van der Waals surface area (Å²) in [5.74, 6) is 1.87. The molecule has 0 aromatic heterocycles. The fraction of sp³-hybridized carbons (Fsp3) is 0.571. The van der Waals surface area contributed by atoms with E-state index < -0.39 is 0 Å². The highest BCUT2D eigenvalue weighted by Gasteiger charge is 2.61. The maximum atomic E-state index is 6.24. The molecule has 158 valence electrons. The van der Waals surface area contributed by atoms with Crippen molar-refractivity contribution in [3.8, 4) is 0 Å². The molecule has 0 spiro atoms. The van der Waals surface area contributed by atoms with E-state index >= 15 is 0 Å². The minimum absolute atomic E-state index is 0.413. The van der Waals surface area contributed by atoms with Gasteiger partial charge in [-0.15, -0.1) is 0 Å². The molecule has 0 heterocycles. The Morgan fingerprint density at radius 2 is 1.63 bits per heavy atom. The topological polar surface area (TPSA) is 16.6 Å². The molecule has 5 aliphatic rings. The molecule has 0 radical (unpaired) electrons. The number of aryl methyl sites for hydroxylation is 1. The van der Waals surface area contributed by atoms with Crippen molar-refractivity contribution in [2.75, 3.05) is 0 Å². The Morgan fingerprint density at radius 1 is 0.933 bits per heavy atom. The van der Waals surface area contributed by atoms with Crippen LogP contribution in [0.2, 0.25) is 5.02 Å². The fourth-order valence-corrected chi connectivity index (χ4v) is 8.64. The number of benzene rings is 2. The van der Waals surface area contributed by atoms with Crippen LogP contribution in [0, 0.1) is 17.3 Å². The average molecular weight is 421 g/mol. The van der Waals surface area contributed by atoms with Crippen LogP contribution in [-0.2, 0) is 18.3 Å². The predicted octanol–water partition coefficient (Wildman–Crippen LogP) is 5.69. The van der Waals surface area contributed by atoms with Gasteiger partial charge in [0.15, 0.2) is 0 Å². The lowest BCUT2D eigenvalue weighted by molar-refractivity contribution is -0.734. The number of quaternary nitrogens is 1. The van der Waals surface area contributed by atoms with Crippen molar-refractivity contribution in [1.82, 2.24) is 0 Å². The minimum Gasteiger partial charge on any atom is -0.341 e. The highest BCUT2D eigenvalue weighted by Crippen LogP contribution is 2.66. The van der Waals surface area contributed by atoms with E-state index in [1.165, 1.54) is 57.8 Å². The van der Waals surface area contributed by atoms with Crippen LogP contribution >= 0.6 is 11.6 Å². The highest BCUT2D eigenvalue weighted by molar-refractivity contribution is 6.30. The predicted molar refractivity (Wildman–Crippen MR) is 124 cm³/mol. The van der Waals surface area contributed by atoms with Gasteiger partial charge in [-0.2, -0.15) is 0 Å². The van der Waals surface area contributed by atoms with Crippen LogP contribution in [0.3, 0.4) is 0 Å². The third-order valence-corrected chi connectivity index (χ3v) is 9.73. The van der Waals surface area contributed by atoms with E-state index in [-0.39, 0.29) is 0 Å². The smallest absolute Gasteiger partial charge is 0.0905 e. The van der Waals surface area contributed by atoms with E-state index in [0.29, 0.717) is 10.8 Å². The molecule has 6 atom stereocenters. The second kappa shape index (κ2) is 7.10. The standard InChI is InChI=1S/C28H34ClN/c1-19(30-26-11-6-22-4-2-3-5-23(22)13-26)27-14-20-12-21(15-27)17-28(16-20,18-27)24-7-9-25(29)10-8-24/h2-5,7-10,19-21,26,30H,6,11-18H2,1H3/p+1/t19-,20-,21+,26-,27?,28?/m1/s1. The molecule has 0 amide bonds. The summed E-state index contributed by atoms with van der Waals surface area (Å²) in [5.41, 5.74) is 5.70. The largest absolute Gasteiger partial charge is 0.341 e. The van der Waals surface area contributed by atoms with Crippen molar-refractivity contribution < 1.29 is 5.32 Å². The SMILES string of the molecule is C[C@@H]([NH2+][C@@H]1CCc2ccccc2C1)C12C[C@@H]3C[C@@H](CC(c4ccc(Cl)cc4)(C3)C1)C2. The van der Waals surface area contributed by atoms with Gasteiger partial charge in [-0.05, 0) is 97.9 Å².